The van der Waals surface area contributed by atoms with E-state index in [2.05, 4.69) is 13.0 Å². The standard InChI is InChI=1S/C24H30Cl2N2O3S/c1-2-21(16-27-13-4-14-32(27,30)31)28-23(29)12-11-22(18-5-3-6-20(26)15-18)24(28)17-7-9-19(25)10-8-17/h3,5-10,15,21-22,24,30-31H,2,4,11-14,16H2,1H3/t21?,22-,24-/m1/s1. The lowest BCUT2D eigenvalue weighted by molar-refractivity contribution is -0.141. The molecule has 2 aliphatic heterocycles. The molecule has 2 saturated heterocycles. The topological polar surface area (TPSA) is 64.0 Å². The molecule has 0 aromatic heterocycles. The van der Waals surface area contributed by atoms with Crippen LogP contribution in [0.2, 0.25) is 10.0 Å². The molecule has 32 heavy (non-hydrogen) atoms. The Balaban J connectivity index is 1.74. The van der Waals surface area contributed by atoms with Gasteiger partial charge in [-0.25, -0.2) is 4.31 Å². The Morgan fingerprint density at radius 3 is 2.47 bits per heavy atom. The lowest BCUT2D eigenvalue weighted by Gasteiger charge is -2.48. The predicted octanol–water partition coefficient (Wildman–Crippen LogP) is 6.59. The minimum absolute atomic E-state index is 0.0839. The van der Waals surface area contributed by atoms with E-state index in [4.69, 9.17) is 23.2 Å². The van der Waals surface area contributed by atoms with E-state index < -0.39 is 10.8 Å². The highest BCUT2D eigenvalue weighted by atomic mass is 35.5. The lowest BCUT2D eigenvalue weighted by Crippen LogP contribution is -2.51. The van der Waals surface area contributed by atoms with Crippen LogP contribution in [-0.4, -0.2) is 49.1 Å². The molecular weight excluding hydrogens is 467 g/mol. The van der Waals surface area contributed by atoms with E-state index in [1.165, 1.54) is 0 Å². The summed E-state index contributed by atoms with van der Waals surface area (Å²) in [6, 6.07) is 15.3. The zero-order chi connectivity index (χ0) is 22.9. The fourth-order valence-electron chi connectivity index (χ4n) is 5.05. The van der Waals surface area contributed by atoms with Gasteiger partial charge in [0.2, 0.25) is 5.91 Å². The number of amides is 1. The number of hydrogen-bond acceptors (Lipinski definition) is 4. The van der Waals surface area contributed by atoms with Gasteiger partial charge in [0.15, 0.2) is 0 Å². The molecule has 2 fully saturated rings. The van der Waals surface area contributed by atoms with Crippen molar-refractivity contribution in [2.75, 3.05) is 18.8 Å². The average molecular weight is 497 g/mol. The summed E-state index contributed by atoms with van der Waals surface area (Å²) in [5.41, 5.74) is 2.13. The summed E-state index contributed by atoms with van der Waals surface area (Å²) in [4.78, 5) is 15.4. The molecule has 1 amide bonds. The lowest BCUT2D eigenvalue weighted by atomic mass is 9.79. The molecule has 4 rings (SSSR count). The second-order valence-corrected chi connectivity index (χ2v) is 11.7. The molecule has 2 aromatic carbocycles. The van der Waals surface area contributed by atoms with Crippen LogP contribution in [0.1, 0.15) is 55.7 Å². The number of hydrogen-bond donors (Lipinski definition) is 2. The smallest absolute Gasteiger partial charge is 0.223 e. The van der Waals surface area contributed by atoms with E-state index in [9.17, 15) is 13.9 Å². The predicted molar refractivity (Wildman–Crippen MR) is 132 cm³/mol. The van der Waals surface area contributed by atoms with Gasteiger partial charge in [-0.15, -0.1) is 10.8 Å². The minimum Gasteiger partial charge on any atom is -0.331 e. The molecular formula is C24H30Cl2N2O3S. The Morgan fingerprint density at radius 2 is 1.84 bits per heavy atom. The van der Waals surface area contributed by atoms with Crippen molar-refractivity contribution >= 4 is 39.9 Å². The monoisotopic (exact) mass is 496 g/mol. The molecule has 0 saturated carbocycles. The maximum Gasteiger partial charge on any atom is 0.223 e. The first kappa shape index (κ1) is 23.9. The molecule has 3 atom stereocenters. The fourth-order valence-corrected chi connectivity index (χ4v) is 6.99. The summed E-state index contributed by atoms with van der Waals surface area (Å²) >= 11 is 12.5. The maximum atomic E-state index is 13.4. The molecule has 0 aliphatic carbocycles. The highest BCUT2D eigenvalue weighted by Crippen LogP contribution is 2.50. The van der Waals surface area contributed by atoms with E-state index in [-0.39, 0.29) is 23.9 Å². The molecule has 174 valence electrons. The van der Waals surface area contributed by atoms with Gasteiger partial charge < -0.3 is 4.90 Å². The van der Waals surface area contributed by atoms with Crippen LogP contribution in [0.4, 0.5) is 0 Å². The van der Waals surface area contributed by atoms with Crippen molar-refractivity contribution in [3.8, 4) is 0 Å². The molecule has 0 bridgehead atoms. The molecule has 0 radical (unpaired) electrons. The third-order valence-electron chi connectivity index (χ3n) is 6.64. The van der Waals surface area contributed by atoms with Crippen LogP contribution in [0.3, 0.4) is 0 Å². The van der Waals surface area contributed by atoms with Gasteiger partial charge in [0.05, 0.1) is 11.8 Å². The van der Waals surface area contributed by atoms with Crippen LogP contribution < -0.4 is 0 Å². The van der Waals surface area contributed by atoms with Crippen molar-refractivity contribution in [3.63, 3.8) is 0 Å². The first-order valence-corrected chi connectivity index (χ1v) is 13.6. The van der Waals surface area contributed by atoms with E-state index in [1.807, 2.05) is 47.4 Å². The number of nitrogens with zero attached hydrogens (tertiary/aromatic N) is 2. The Morgan fingerprint density at radius 1 is 1.09 bits per heavy atom. The third kappa shape index (κ3) is 4.96. The van der Waals surface area contributed by atoms with Gasteiger partial charge in [0, 0.05) is 41.5 Å². The van der Waals surface area contributed by atoms with Gasteiger partial charge in [0.1, 0.15) is 0 Å². The zero-order valence-corrected chi connectivity index (χ0v) is 20.5. The summed E-state index contributed by atoms with van der Waals surface area (Å²) in [7, 11) is -2.75. The van der Waals surface area contributed by atoms with Gasteiger partial charge in [-0.1, -0.05) is 54.4 Å². The van der Waals surface area contributed by atoms with Crippen molar-refractivity contribution in [2.24, 2.45) is 0 Å². The van der Waals surface area contributed by atoms with Crippen LogP contribution in [0, 0.1) is 0 Å². The SMILES string of the molecule is CCC(CN1CCCS1(O)O)N1C(=O)CC[C@H](c2cccc(Cl)c2)[C@H]1c1ccc(Cl)cc1. The Kier molecular flexibility index (Phi) is 7.40. The van der Waals surface area contributed by atoms with Crippen molar-refractivity contribution < 1.29 is 13.9 Å². The third-order valence-corrected chi connectivity index (χ3v) is 9.13. The number of halogens is 2. The van der Waals surface area contributed by atoms with Crippen molar-refractivity contribution in [1.29, 1.82) is 0 Å². The number of carbonyl (C=O) groups excluding carboxylic acids is 1. The molecule has 0 spiro atoms. The van der Waals surface area contributed by atoms with Gasteiger partial charge in [-0.2, -0.15) is 0 Å². The summed E-state index contributed by atoms with van der Waals surface area (Å²) < 4.78 is 22.7. The highest BCUT2D eigenvalue weighted by molar-refractivity contribution is 8.22. The molecule has 2 heterocycles. The molecule has 8 heteroatoms. The second kappa shape index (κ2) is 9.92. The average Bonchev–Trinajstić information content (AvgIpc) is 3.10. The number of piperidine rings is 1. The maximum absolute atomic E-state index is 13.4. The first-order chi connectivity index (χ1) is 15.3. The van der Waals surface area contributed by atoms with Crippen LogP contribution in [0.5, 0.6) is 0 Å². The van der Waals surface area contributed by atoms with E-state index in [0.29, 0.717) is 35.3 Å². The van der Waals surface area contributed by atoms with E-state index in [1.54, 1.807) is 4.31 Å². The van der Waals surface area contributed by atoms with Crippen molar-refractivity contribution in [2.45, 2.75) is 50.6 Å². The Bertz CT molecular complexity index is 957. The van der Waals surface area contributed by atoms with Gasteiger partial charge in [-0.05, 0) is 54.7 Å². The number of carbonyl (C=O) groups is 1. The van der Waals surface area contributed by atoms with E-state index in [0.717, 1.165) is 30.4 Å². The van der Waals surface area contributed by atoms with Crippen molar-refractivity contribution in [1.82, 2.24) is 9.21 Å². The number of likely N-dealkylation sites (tertiary alicyclic amines) is 1. The van der Waals surface area contributed by atoms with Crippen LogP contribution in [-0.2, 0) is 4.79 Å². The fraction of sp³-hybridized carbons (Fsp3) is 0.458. The highest BCUT2D eigenvalue weighted by Gasteiger charge is 2.42. The van der Waals surface area contributed by atoms with Gasteiger partial charge in [-0.3, -0.25) is 13.9 Å². The molecule has 2 aliphatic rings. The normalized spacial score (nSPS) is 25.7. The largest absolute Gasteiger partial charge is 0.331 e. The Labute approximate surface area is 201 Å². The summed E-state index contributed by atoms with van der Waals surface area (Å²) in [6.45, 7) is 3.16. The quantitative estimate of drug-likeness (QED) is 0.473. The second-order valence-electron chi connectivity index (χ2n) is 8.64. The number of rotatable bonds is 6. The van der Waals surface area contributed by atoms with Crippen LogP contribution >= 0.6 is 34.0 Å². The van der Waals surface area contributed by atoms with E-state index >= 15 is 0 Å². The number of benzene rings is 2. The van der Waals surface area contributed by atoms with Gasteiger partial charge in [0.25, 0.3) is 0 Å². The summed E-state index contributed by atoms with van der Waals surface area (Å²) in [5.74, 6) is 0.592. The summed E-state index contributed by atoms with van der Waals surface area (Å²) in [5, 5.41) is 1.33. The van der Waals surface area contributed by atoms with Crippen LogP contribution in [0.25, 0.3) is 0 Å². The molecule has 2 aromatic rings. The Hall–Kier alpha value is -1.28. The molecule has 5 nitrogen and oxygen atoms in total. The molecule has 1 unspecified atom stereocenters. The summed E-state index contributed by atoms with van der Waals surface area (Å²) in [6.07, 6.45) is 2.68. The van der Waals surface area contributed by atoms with Crippen molar-refractivity contribution in [3.05, 3.63) is 69.7 Å². The van der Waals surface area contributed by atoms with Crippen LogP contribution in [0.15, 0.2) is 48.5 Å². The van der Waals surface area contributed by atoms with Gasteiger partial charge >= 0.3 is 0 Å². The zero-order valence-electron chi connectivity index (χ0n) is 18.2. The minimum atomic E-state index is -2.75. The molecule has 2 N–H and O–H groups in total. The first-order valence-electron chi connectivity index (χ1n) is 11.1.